The maximum absolute atomic E-state index is 11.8. The predicted octanol–water partition coefficient (Wildman–Crippen LogP) is 1.61. The van der Waals surface area contributed by atoms with Crippen LogP contribution in [0.3, 0.4) is 0 Å². The molecule has 1 aliphatic rings. The Bertz CT molecular complexity index is 596. The molecular weight excluding hydrogens is 264 g/mol. The zero-order chi connectivity index (χ0) is 14.0. The lowest BCUT2D eigenvalue weighted by atomic mass is 10.1. The van der Waals surface area contributed by atoms with Crippen molar-refractivity contribution in [2.75, 3.05) is 16.8 Å². The Hall–Kier alpha value is -1.56. The standard InChI is InChI=1S/C13H18N2O3S/c1-9-4-3-5-12(10(9)2)15-13(16)14-11-6-7-19(17,18)8-11/h3-5,11H,6-8H2,1-2H3,(H2,14,15,16). The molecule has 1 saturated heterocycles. The summed E-state index contributed by atoms with van der Waals surface area (Å²) in [7, 11) is -2.97. The molecule has 2 amide bonds. The lowest BCUT2D eigenvalue weighted by Gasteiger charge is -2.14. The lowest BCUT2D eigenvalue weighted by molar-refractivity contribution is 0.249. The van der Waals surface area contributed by atoms with Crippen molar-refractivity contribution >= 4 is 21.6 Å². The molecule has 1 aromatic rings. The molecule has 0 aromatic heterocycles. The van der Waals surface area contributed by atoms with Gasteiger partial charge in [-0.3, -0.25) is 0 Å². The van der Waals surface area contributed by atoms with Crippen LogP contribution < -0.4 is 10.6 Å². The normalized spacial score (nSPS) is 21.1. The topological polar surface area (TPSA) is 75.3 Å². The van der Waals surface area contributed by atoms with E-state index in [1.807, 2.05) is 32.0 Å². The van der Waals surface area contributed by atoms with Gasteiger partial charge >= 0.3 is 6.03 Å². The van der Waals surface area contributed by atoms with Crippen LogP contribution in [0.5, 0.6) is 0 Å². The molecule has 5 nitrogen and oxygen atoms in total. The van der Waals surface area contributed by atoms with Crippen molar-refractivity contribution < 1.29 is 13.2 Å². The summed E-state index contributed by atoms with van der Waals surface area (Å²) in [6.45, 7) is 3.91. The minimum absolute atomic E-state index is 0.0349. The highest BCUT2D eigenvalue weighted by atomic mass is 32.2. The Morgan fingerprint density at radius 1 is 1.32 bits per heavy atom. The molecule has 1 atom stereocenters. The summed E-state index contributed by atoms with van der Waals surface area (Å²) in [5.41, 5.74) is 2.86. The Kier molecular flexibility index (Phi) is 3.80. The number of hydrogen-bond acceptors (Lipinski definition) is 3. The SMILES string of the molecule is Cc1cccc(NC(=O)NC2CCS(=O)(=O)C2)c1C. The average Bonchev–Trinajstić information content (AvgIpc) is 2.64. The van der Waals surface area contributed by atoms with Gasteiger partial charge < -0.3 is 10.6 Å². The quantitative estimate of drug-likeness (QED) is 0.865. The third kappa shape index (κ3) is 3.47. The van der Waals surface area contributed by atoms with E-state index in [0.717, 1.165) is 16.8 Å². The molecule has 1 fully saturated rings. The van der Waals surface area contributed by atoms with Crippen LogP contribution in [0.4, 0.5) is 10.5 Å². The lowest BCUT2D eigenvalue weighted by Crippen LogP contribution is -2.38. The maximum atomic E-state index is 11.8. The summed E-state index contributed by atoms with van der Waals surface area (Å²) < 4.78 is 22.6. The van der Waals surface area contributed by atoms with Gasteiger partial charge in [-0.1, -0.05) is 12.1 Å². The maximum Gasteiger partial charge on any atom is 0.319 e. The van der Waals surface area contributed by atoms with Gasteiger partial charge in [-0.25, -0.2) is 13.2 Å². The van der Waals surface area contributed by atoms with Crippen molar-refractivity contribution in [3.8, 4) is 0 Å². The molecule has 1 aliphatic heterocycles. The summed E-state index contributed by atoms with van der Waals surface area (Å²) in [5, 5.41) is 5.46. The van der Waals surface area contributed by atoms with E-state index >= 15 is 0 Å². The van der Waals surface area contributed by atoms with Gasteiger partial charge in [0.15, 0.2) is 9.84 Å². The number of rotatable bonds is 2. The number of benzene rings is 1. The number of carbonyl (C=O) groups is 1. The molecular formula is C13H18N2O3S. The fraction of sp³-hybridized carbons (Fsp3) is 0.462. The van der Waals surface area contributed by atoms with Crippen molar-refractivity contribution in [2.24, 2.45) is 0 Å². The predicted molar refractivity (Wildman–Crippen MR) is 75.1 cm³/mol. The first-order chi connectivity index (χ1) is 8.87. The Morgan fingerprint density at radius 3 is 2.68 bits per heavy atom. The molecule has 0 aliphatic carbocycles. The molecule has 0 spiro atoms. The molecule has 2 rings (SSSR count). The first-order valence-corrected chi connectivity index (χ1v) is 8.04. The second-order valence-electron chi connectivity index (χ2n) is 4.95. The van der Waals surface area contributed by atoms with E-state index in [-0.39, 0.29) is 23.6 Å². The number of anilines is 1. The van der Waals surface area contributed by atoms with Crippen molar-refractivity contribution in [1.29, 1.82) is 0 Å². The summed E-state index contributed by atoms with van der Waals surface area (Å²) >= 11 is 0. The molecule has 0 bridgehead atoms. The monoisotopic (exact) mass is 282 g/mol. The van der Waals surface area contributed by atoms with Crippen LogP contribution in [0.15, 0.2) is 18.2 Å². The highest BCUT2D eigenvalue weighted by molar-refractivity contribution is 7.91. The zero-order valence-corrected chi connectivity index (χ0v) is 11.9. The van der Waals surface area contributed by atoms with Crippen molar-refractivity contribution in [3.05, 3.63) is 29.3 Å². The number of nitrogens with one attached hydrogen (secondary N) is 2. The van der Waals surface area contributed by atoms with Crippen molar-refractivity contribution in [3.63, 3.8) is 0 Å². The second kappa shape index (κ2) is 5.21. The van der Waals surface area contributed by atoms with Gasteiger partial charge in [0, 0.05) is 11.7 Å². The average molecular weight is 282 g/mol. The first-order valence-electron chi connectivity index (χ1n) is 6.21. The van der Waals surface area contributed by atoms with Crippen molar-refractivity contribution in [1.82, 2.24) is 5.32 Å². The molecule has 6 heteroatoms. The number of aryl methyl sites for hydroxylation is 1. The van der Waals surface area contributed by atoms with E-state index in [9.17, 15) is 13.2 Å². The van der Waals surface area contributed by atoms with Crippen LogP contribution in [0.1, 0.15) is 17.5 Å². The Balaban J connectivity index is 1.97. The summed E-state index contributed by atoms with van der Waals surface area (Å²) in [5.74, 6) is 0.189. The third-order valence-electron chi connectivity index (χ3n) is 3.42. The summed E-state index contributed by atoms with van der Waals surface area (Å²) in [4.78, 5) is 11.8. The van der Waals surface area contributed by atoms with E-state index in [4.69, 9.17) is 0 Å². The highest BCUT2D eigenvalue weighted by Gasteiger charge is 2.28. The number of hydrogen-bond donors (Lipinski definition) is 2. The van der Waals surface area contributed by atoms with E-state index in [2.05, 4.69) is 10.6 Å². The van der Waals surface area contributed by atoms with E-state index in [1.54, 1.807) is 0 Å². The fourth-order valence-electron chi connectivity index (χ4n) is 2.14. The molecule has 2 N–H and O–H groups in total. The van der Waals surface area contributed by atoms with Gasteiger partial charge in [0.1, 0.15) is 0 Å². The first kappa shape index (κ1) is 13.9. The second-order valence-corrected chi connectivity index (χ2v) is 7.17. The summed E-state index contributed by atoms with van der Waals surface area (Å²) in [6, 6.07) is 5.04. The Labute approximate surface area is 113 Å². The number of urea groups is 1. The van der Waals surface area contributed by atoms with Gasteiger partial charge in [0.05, 0.1) is 11.5 Å². The smallest absolute Gasteiger partial charge is 0.319 e. The molecule has 1 aromatic carbocycles. The van der Waals surface area contributed by atoms with Crippen LogP contribution in [0.25, 0.3) is 0 Å². The van der Waals surface area contributed by atoms with Gasteiger partial charge in [-0.05, 0) is 37.5 Å². The van der Waals surface area contributed by atoms with Gasteiger partial charge in [-0.15, -0.1) is 0 Å². The summed E-state index contributed by atoms with van der Waals surface area (Å²) in [6.07, 6.45) is 0.489. The van der Waals surface area contributed by atoms with Gasteiger partial charge in [0.2, 0.25) is 0 Å². The number of carbonyl (C=O) groups excluding carboxylic acids is 1. The highest BCUT2D eigenvalue weighted by Crippen LogP contribution is 2.18. The zero-order valence-electron chi connectivity index (χ0n) is 11.1. The van der Waals surface area contributed by atoms with Crippen LogP contribution >= 0.6 is 0 Å². The fourth-order valence-corrected chi connectivity index (χ4v) is 3.81. The van der Waals surface area contributed by atoms with Crippen LogP contribution in [-0.4, -0.2) is 32.0 Å². The third-order valence-corrected chi connectivity index (χ3v) is 5.19. The van der Waals surface area contributed by atoms with E-state index in [0.29, 0.717) is 6.42 Å². The van der Waals surface area contributed by atoms with Crippen LogP contribution in [0, 0.1) is 13.8 Å². The number of sulfone groups is 1. The minimum atomic E-state index is -2.97. The molecule has 0 saturated carbocycles. The molecule has 104 valence electrons. The van der Waals surface area contributed by atoms with Crippen molar-refractivity contribution in [2.45, 2.75) is 26.3 Å². The molecule has 1 heterocycles. The van der Waals surface area contributed by atoms with Crippen LogP contribution in [0.2, 0.25) is 0 Å². The Morgan fingerprint density at radius 2 is 2.05 bits per heavy atom. The molecule has 19 heavy (non-hydrogen) atoms. The van der Waals surface area contributed by atoms with Gasteiger partial charge in [0.25, 0.3) is 0 Å². The molecule has 1 unspecified atom stereocenters. The van der Waals surface area contributed by atoms with E-state index in [1.165, 1.54) is 0 Å². The van der Waals surface area contributed by atoms with Crippen LogP contribution in [-0.2, 0) is 9.84 Å². The van der Waals surface area contributed by atoms with E-state index < -0.39 is 9.84 Å². The largest absolute Gasteiger partial charge is 0.334 e. The molecule has 0 radical (unpaired) electrons. The van der Waals surface area contributed by atoms with Gasteiger partial charge in [-0.2, -0.15) is 0 Å². The number of amides is 2. The minimum Gasteiger partial charge on any atom is -0.334 e.